The summed E-state index contributed by atoms with van der Waals surface area (Å²) in [6, 6.07) is 15.4. The Bertz CT molecular complexity index is 954. The van der Waals surface area contributed by atoms with Crippen molar-refractivity contribution in [3.05, 3.63) is 54.1 Å². The Kier molecular flexibility index (Phi) is 4.62. The summed E-state index contributed by atoms with van der Waals surface area (Å²) in [4.78, 5) is 30.7. The van der Waals surface area contributed by atoms with E-state index in [1.165, 1.54) is 6.92 Å². The number of Topliss-reactive ketones (excluding diaryl/α,β-unsaturated/α-hetero) is 1. The van der Waals surface area contributed by atoms with Crippen molar-refractivity contribution in [2.45, 2.75) is 19.8 Å². The first-order chi connectivity index (χ1) is 13.1. The molecular formula is C21H21N3O3. The molecule has 138 valence electrons. The number of piperidine rings is 1. The van der Waals surface area contributed by atoms with Gasteiger partial charge in [-0.3, -0.25) is 9.59 Å². The maximum absolute atomic E-state index is 12.6. The van der Waals surface area contributed by atoms with Crippen molar-refractivity contribution in [3.8, 4) is 0 Å². The van der Waals surface area contributed by atoms with Crippen LogP contribution in [-0.2, 0) is 4.79 Å². The summed E-state index contributed by atoms with van der Waals surface area (Å²) in [5, 5.41) is 2.93. The second kappa shape index (κ2) is 7.23. The number of anilines is 2. The number of fused-ring (bicyclic) bond motifs is 1. The number of amides is 1. The molecule has 0 bridgehead atoms. The Balaban J connectivity index is 1.38. The van der Waals surface area contributed by atoms with Crippen molar-refractivity contribution < 1.29 is 14.0 Å². The van der Waals surface area contributed by atoms with Gasteiger partial charge < -0.3 is 14.6 Å². The van der Waals surface area contributed by atoms with Crippen LogP contribution in [0.5, 0.6) is 0 Å². The number of para-hydroxylation sites is 2. The first-order valence-electron chi connectivity index (χ1n) is 9.12. The SMILES string of the molecule is CC(=O)c1cccc(NC(=O)C2CCN(c3nc4ccccc4o3)CC2)c1. The number of aromatic nitrogens is 1. The van der Waals surface area contributed by atoms with Gasteiger partial charge in [-0.25, -0.2) is 0 Å². The van der Waals surface area contributed by atoms with Crippen LogP contribution in [0.3, 0.4) is 0 Å². The third-order valence-corrected chi connectivity index (χ3v) is 4.96. The average molecular weight is 363 g/mol. The minimum Gasteiger partial charge on any atom is -0.423 e. The quantitative estimate of drug-likeness (QED) is 0.712. The van der Waals surface area contributed by atoms with Gasteiger partial charge >= 0.3 is 0 Å². The number of nitrogens with one attached hydrogen (secondary N) is 1. The van der Waals surface area contributed by atoms with E-state index in [0.29, 0.717) is 17.3 Å². The summed E-state index contributed by atoms with van der Waals surface area (Å²) < 4.78 is 5.82. The van der Waals surface area contributed by atoms with E-state index < -0.39 is 0 Å². The van der Waals surface area contributed by atoms with Crippen LogP contribution in [0.1, 0.15) is 30.1 Å². The van der Waals surface area contributed by atoms with E-state index in [2.05, 4.69) is 15.2 Å². The molecule has 6 nitrogen and oxygen atoms in total. The lowest BCUT2D eigenvalue weighted by atomic mass is 9.96. The summed E-state index contributed by atoms with van der Waals surface area (Å²) in [6.07, 6.45) is 1.47. The minimum absolute atomic E-state index is 0.00656. The highest BCUT2D eigenvalue weighted by Gasteiger charge is 2.27. The molecule has 0 spiro atoms. The summed E-state index contributed by atoms with van der Waals surface area (Å²) in [5.74, 6) is -0.0859. The second-order valence-corrected chi connectivity index (χ2v) is 6.85. The zero-order valence-corrected chi connectivity index (χ0v) is 15.1. The number of benzene rings is 2. The maximum atomic E-state index is 12.6. The Morgan fingerprint density at radius 1 is 1.11 bits per heavy atom. The highest BCUT2D eigenvalue weighted by Crippen LogP contribution is 2.27. The number of nitrogens with zero attached hydrogens (tertiary/aromatic N) is 2. The highest BCUT2D eigenvalue weighted by atomic mass is 16.4. The smallest absolute Gasteiger partial charge is 0.298 e. The zero-order valence-electron chi connectivity index (χ0n) is 15.1. The van der Waals surface area contributed by atoms with E-state index in [-0.39, 0.29) is 17.6 Å². The van der Waals surface area contributed by atoms with Gasteiger partial charge in [0, 0.05) is 30.3 Å². The van der Waals surface area contributed by atoms with Gasteiger partial charge in [0.1, 0.15) is 5.52 Å². The van der Waals surface area contributed by atoms with Crippen LogP contribution in [0.2, 0.25) is 0 Å². The zero-order chi connectivity index (χ0) is 18.8. The number of hydrogen-bond donors (Lipinski definition) is 1. The Hall–Kier alpha value is -3.15. The fraction of sp³-hybridized carbons (Fsp3) is 0.286. The number of hydrogen-bond acceptors (Lipinski definition) is 5. The third kappa shape index (κ3) is 3.69. The van der Waals surface area contributed by atoms with Crippen LogP contribution < -0.4 is 10.2 Å². The molecule has 4 rings (SSSR count). The van der Waals surface area contributed by atoms with Gasteiger partial charge in [-0.15, -0.1) is 0 Å². The molecule has 0 atom stereocenters. The van der Waals surface area contributed by atoms with E-state index >= 15 is 0 Å². The number of rotatable bonds is 4. The molecule has 0 radical (unpaired) electrons. The normalized spacial score (nSPS) is 15.1. The Labute approximate surface area is 157 Å². The lowest BCUT2D eigenvalue weighted by molar-refractivity contribution is -0.120. The van der Waals surface area contributed by atoms with Gasteiger partial charge in [-0.05, 0) is 44.0 Å². The summed E-state index contributed by atoms with van der Waals surface area (Å²) in [6.45, 7) is 2.96. The summed E-state index contributed by atoms with van der Waals surface area (Å²) in [5.41, 5.74) is 2.88. The fourth-order valence-electron chi connectivity index (χ4n) is 3.39. The molecule has 1 saturated heterocycles. The number of carbonyl (C=O) groups excluding carboxylic acids is 2. The van der Waals surface area contributed by atoms with Crippen molar-refractivity contribution in [2.75, 3.05) is 23.3 Å². The van der Waals surface area contributed by atoms with Gasteiger partial charge in [0.25, 0.3) is 6.01 Å². The first kappa shape index (κ1) is 17.3. The van der Waals surface area contributed by atoms with Gasteiger partial charge in [-0.2, -0.15) is 4.98 Å². The van der Waals surface area contributed by atoms with E-state index in [1.807, 2.05) is 24.3 Å². The van der Waals surface area contributed by atoms with Crippen LogP contribution in [0.4, 0.5) is 11.7 Å². The van der Waals surface area contributed by atoms with Gasteiger partial charge in [0.15, 0.2) is 11.4 Å². The fourth-order valence-corrected chi connectivity index (χ4v) is 3.39. The van der Waals surface area contributed by atoms with Crippen LogP contribution >= 0.6 is 0 Å². The highest BCUT2D eigenvalue weighted by molar-refractivity contribution is 5.97. The van der Waals surface area contributed by atoms with Crippen molar-refractivity contribution >= 4 is 34.5 Å². The number of carbonyl (C=O) groups is 2. The molecule has 1 aliphatic heterocycles. The monoisotopic (exact) mass is 363 g/mol. The minimum atomic E-state index is -0.0633. The van der Waals surface area contributed by atoms with E-state index in [1.54, 1.807) is 24.3 Å². The van der Waals surface area contributed by atoms with Crippen LogP contribution in [0, 0.1) is 5.92 Å². The molecule has 0 unspecified atom stereocenters. The molecule has 1 fully saturated rings. The Morgan fingerprint density at radius 3 is 2.63 bits per heavy atom. The molecule has 1 N–H and O–H groups in total. The molecule has 1 aliphatic rings. The largest absolute Gasteiger partial charge is 0.423 e. The topological polar surface area (TPSA) is 75.4 Å². The standard InChI is InChI=1S/C21H21N3O3/c1-14(25)16-5-4-6-17(13-16)22-20(26)15-9-11-24(12-10-15)21-23-18-7-2-3-8-19(18)27-21/h2-8,13,15H,9-12H2,1H3,(H,22,26). The van der Waals surface area contributed by atoms with Crippen LogP contribution in [-0.4, -0.2) is 29.8 Å². The molecule has 0 saturated carbocycles. The lowest BCUT2D eigenvalue weighted by Crippen LogP contribution is -2.38. The first-order valence-corrected chi connectivity index (χ1v) is 9.12. The predicted molar refractivity (Wildman–Crippen MR) is 104 cm³/mol. The van der Waals surface area contributed by atoms with Crippen molar-refractivity contribution in [2.24, 2.45) is 5.92 Å². The molecule has 2 aromatic carbocycles. The van der Waals surface area contributed by atoms with E-state index in [9.17, 15) is 9.59 Å². The van der Waals surface area contributed by atoms with Crippen molar-refractivity contribution in [1.29, 1.82) is 0 Å². The van der Waals surface area contributed by atoms with Crippen LogP contribution in [0.15, 0.2) is 52.9 Å². The molecule has 6 heteroatoms. The molecule has 2 heterocycles. The van der Waals surface area contributed by atoms with Crippen molar-refractivity contribution in [1.82, 2.24) is 4.98 Å². The second-order valence-electron chi connectivity index (χ2n) is 6.85. The van der Waals surface area contributed by atoms with Crippen molar-refractivity contribution in [3.63, 3.8) is 0 Å². The lowest BCUT2D eigenvalue weighted by Gasteiger charge is -2.30. The summed E-state index contributed by atoms with van der Waals surface area (Å²) in [7, 11) is 0. The molecular weight excluding hydrogens is 342 g/mol. The van der Waals surface area contributed by atoms with Gasteiger partial charge in [0.2, 0.25) is 5.91 Å². The molecule has 1 aromatic heterocycles. The van der Waals surface area contributed by atoms with E-state index in [4.69, 9.17) is 4.42 Å². The Morgan fingerprint density at radius 2 is 1.89 bits per heavy atom. The molecule has 1 amide bonds. The maximum Gasteiger partial charge on any atom is 0.298 e. The van der Waals surface area contributed by atoms with Crippen LogP contribution in [0.25, 0.3) is 11.1 Å². The predicted octanol–water partition coefficient (Wildman–Crippen LogP) is 3.89. The summed E-state index contributed by atoms with van der Waals surface area (Å²) >= 11 is 0. The van der Waals surface area contributed by atoms with E-state index in [0.717, 1.165) is 37.0 Å². The number of oxazole rings is 1. The molecule has 27 heavy (non-hydrogen) atoms. The average Bonchev–Trinajstić information content (AvgIpc) is 3.12. The van der Waals surface area contributed by atoms with Gasteiger partial charge in [0.05, 0.1) is 0 Å². The molecule has 0 aliphatic carbocycles. The third-order valence-electron chi connectivity index (χ3n) is 4.96. The van der Waals surface area contributed by atoms with Gasteiger partial charge in [-0.1, -0.05) is 24.3 Å². The molecule has 3 aromatic rings. The number of ketones is 1.